The summed E-state index contributed by atoms with van der Waals surface area (Å²) in [5, 5.41) is 0. The first kappa shape index (κ1) is 22.6. The summed E-state index contributed by atoms with van der Waals surface area (Å²) < 4.78 is 33.5. The molecule has 0 unspecified atom stereocenters. The first-order valence-electron chi connectivity index (χ1n) is 10.1. The number of rotatable bonds is 8. The standard InChI is InChI=1S/C22H27N3O5S/c1-3-30-20-8-10-21(11-9-20)31(28,29)25(19-6-4-18(2)5-7-19)16-22(27)24-14-12-23(17-26)13-15-24/h4-11,17H,3,12-16H2,1-2H3. The lowest BCUT2D eigenvalue weighted by Gasteiger charge is -2.34. The Hall–Kier alpha value is -3.07. The average Bonchev–Trinajstić information content (AvgIpc) is 2.78. The molecule has 0 aliphatic carbocycles. The Morgan fingerprint density at radius 1 is 1.03 bits per heavy atom. The number of nitrogens with zero attached hydrogens (tertiary/aromatic N) is 3. The van der Waals surface area contributed by atoms with E-state index in [4.69, 9.17) is 4.74 Å². The predicted octanol–water partition coefficient (Wildman–Crippen LogP) is 1.89. The normalized spacial score (nSPS) is 14.3. The van der Waals surface area contributed by atoms with Gasteiger partial charge >= 0.3 is 0 Å². The van der Waals surface area contributed by atoms with Gasteiger partial charge in [0.2, 0.25) is 12.3 Å². The maximum Gasteiger partial charge on any atom is 0.264 e. The lowest BCUT2D eigenvalue weighted by molar-refractivity contribution is -0.133. The monoisotopic (exact) mass is 445 g/mol. The molecule has 0 spiro atoms. The minimum atomic E-state index is -3.98. The van der Waals surface area contributed by atoms with Crippen molar-refractivity contribution < 1.29 is 22.7 Å². The first-order chi connectivity index (χ1) is 14.8. The summed E-state index contributed by atoms with van der Waals surface area (Å²) in [5.41, 5.74) is 1.40. The van der Waals surface area contributed by atoms with Crippen molar-refractivity contribution in [2.24, 2.45) is 0 Å². The van der Waals surface area contributed by atoms with Crippen LogP contribution in [-0.4, -0.2) is 69.9 Å². The third-order valence-corrected chi connectivity index (χ3v) is 6.93. The molecule has 2 aromatic rings. The molecule has 166 valence electrons. The molecular weight excluding hydrogens is 418 g/mol. The second kappa shape index (κ2) is 9.82. The Bertz CT molecular complexity index is 998. The zero-order valence-corrected chi connectivity index (χ0v) is 18.5. The maximum atomic E-state index is 13.5. The smallest absolute Gasteiger partial charge is 0.264 e. The van der Waals surface area contributed by atoms with E-state index in [2.05, 4.69) is 0 Å². The molecule has 1 aliphatic rings. The van der Waals surface area contributed by atoms with Gasteiger partial charge in [-0.15, -0.1) is 0 Å². The molecule has 0 atom stereocenters. The van der Waals surface area contributed by atoms with Crippen molar-refractivity contribution in [3.63, 3.8) is 0 Å². The number of ether oxygens (including phenoxy) is 1. The topological polar surface area (TPSA) is 87.2 Å². The number of carbonyl (C=O) groups is 2. The molecule has 1 aliphatic heterocycles. The van der Waals surface area contributed by atoms with Crippen LogP contribution in [-0.2, 0) is 19.6 Å². The predicted molar refractivity (Wildman–Crippen MR) is 118 cm³/mol. The number of hydrogen-bond acceptors (Lipinski definition) is 5. The number of anilines is 1. The van der Waals surface area contributed by atoms with Crippen LogP contribution in [0.2, 0.25) is 0 Å². The minimum Gasteiger partial charge on any atom is -0.494 e. The van der Waals surface area contributed by atoms with E-state index in [-0.39, 0.29) is 17.3 Å². The Kier molecular flexibility index (Phi) is 7.17. The van der Waals surface area contributed by atoms with E-state index >= 15 is 0 Å². The second-order valence-electron chi connectivity index (χ2n) is 7.27. The summed E-state index contributed by atoms with van der Waals surface area (Å²) >= 11 is 0. The number of carbonyl (C=O) groups excluding carboxylic acids is 2. The second-order valence-corrected chi connectivity index (χ2v) is 9.14. The number of amides is 2. The number of piperazine rings is 1. The van der Waals surface area contributed by atoms with Gasteiger partial charge in [0.1, 0.15) is 12.3 Å². The number of aryl methyl sites for hydroxylation is 1. The first-order valence-corrected chi connectivity index (χ1v) is 11.6. The van der Waals surface area contributed by atoms with Crippen molar-refractivity contribution in [1.82, 2.24) is 9.80 Å². The molecule has 1 heterocycles. The molecule has 0 bridgehead atoms. The Balaban J connectivity index is 1.88. The Morgan fingerprint density at radius 3 is 2.19 bits per heavy atom. The van der Waals surface area contributed by atoms with Gasteiger partial charge in [0.05, 0.1) is 17.2 Å². The van der Waals surface area contributed by atoms with Crippen LogP contribution in [0.4, 0.5) is 5.69 Å². The third-order valence-electron chi connectivity index (χ3n) is 5.14. The highest BCUT2D eigenvalue weighted by Gasteiger charge is 2.30. The van der Waals surface area contributed by atoms with Crippen molar-refractivity contribution in [2.75, 3.05) is 43.6 Å². The van der Waals surface area contributed by atoms with Crippen LogP contribution in [0.25, 0.3) is 0 Å². The number of benzene rings is 2. The molecule has 8 nitrogen and oxygen atoms in total. The van der Waals surface area contributed by atoms with Crippen LogP contribution >= 0.6 is 0 Å². The summed E-state index contributed by atoms with van der Waals surface area (Å²) in [6.45, 7) is 5.55. The maximum absolute atomic E-state index is 13.5. The lowest BCUT2D eigenvalue weighted by atomic mass is 10.2. The van der Waals surface area contributed by atoms with Gasteiger partial charge in [0.25, 0.3) is 10.0 Å². The van der Waals surface area contributed by atoms with E-state index < -0.39 is 10.0 Å². The summed E-state index contributed by atoms with van der Waals surface area (Å²) in [5.74, 6) is 0.271. The van der Waals surface area contributed by atoms with Crippen molar-refractivity contribution in [3.8, 4) is 5.75 Å². The zero-order chi connectivity index (χ0) is 22.4. The van der Waals surface area contributed by atoms with Gasteiger partial charge < -0.3 is 14.5 Å². The molecule has 2 aromatic carbocycles. The molecule has 3 rings (SSSR count). The van der Waals surface area contributed by atoms with Crippen LogP contribution in [0.15, 0.2) is 53.4 Å². The lowest BCUT2D eigenvalue weighted by Crippen LogP contribution is -2.51. The molecule has 1 fully saturated rings. The van der Waals surface area contributed by atoms with Crippen molar-refractivity contribution in [3.05, 3.63) is 54.1 Å². The van der Waals surface area contributed by atoms with Crippen LogP contribution < -0.4 is 9.04 Å². The summed E-state index contributed by atoms with van der Waals surface area (Å²) in [6.07, 6.45) is 0.761. The summed E-state index contributed by atoms with van der Waals surface area (Å²) in [6, 6.07) is 13.2. The van der Waals surface area contributed by atoms with Gasteiger partial charge in [-0.05, 0) is 50.2 Å². The zero-order valence-electron chi connectivity index (χ0n) is 17.7. The summed E-state index contributed by atoms with van der Waals surface area (Å²) in [4.78, 5) is 27.1. The fourth-order valence-electron chi connectivity index (χ4n) is 3.33. The SMILES string of the molecule is CCOc1ccc(S(=O)(=O)N(CC(=O)N2CCN(C=O)CC2)c2ccc(C)cc2)cc1. The number of hydrogen-bond donors (Lipinski definition) is 0. The quantitative estimate of drug-likeness (QED) is 0.579. The van der Waals surface area contributed by atoms with E-state index in [1.54, 1.807) is 34.1 Å². The van der Waals surface area contributed by atoms with Gasteiger partial charge in [-0.1, -0.05) is 17.7 Å². The van der Waals surface area contributed by atoms with Crippen LogP contribution in [0, 0.1) is 6.92 Å². The van der Waals surface area contributed by atoms with Crippen LogP contribution in [0.5, 0.6) is 5.75 Å². The highest BCUT2D eigenvalue weighted by Crippen LogP contribution is 2.26. The highest BCUT2D eigenvalue weighted by molar-refractivity contribution is 7.92. The molecular formula is C22H27N3O5S. The van der Waals surface area contributed by atoms with E-state index in [1.807, 2.05) is 26.0 Å². The molecule has 31 heavy (non-hydrogen) atoms. The van der Waals surface area contributed by atoms with Crippen LogP contribution in [0.1, 0.15) is 12.5 Å². The van der Waals surface area contributed by atoms with E-state index in [0.29, 0.717) is 44.2 Å². The molecule has 2 amide bonds. The van der Waals surface area contributed by atoms with Crippen molar-refractivity contribution in [2.45, 2.75) is 18.7 Å². The van der Waals surface area contributed by atoms with Gasteiger partial charge in [0, 0.05) is 26.2 Å². The van der Waals surface area contributed by atoms with E-state index in [1.165, 1.54) is 12.1 Å². The van der Waals surface area contributed by atoms with Gasteiger partial charge in [-0.2, -0.15) is 0 Å². The Labute approximate surface area is 183 Å². The van der Waals surface area contributed by atoms with Crippen molar-refractivity contribution in [1.29, 1.82) is 0 Å². The van der Waals surface area contributed by atoms with Gasteiger partial charge in [0.15, 0.2) is 0 Å². The van der Waals surface area contributed by atoms with E-state index in [9.17, 15) is 18.0 Å². The van der Waals surface area contributed by atoms with Crippen LogP contribution in [0.3, 0.4) is 0 Å². The molecule has 1 saturated heterocycles. The fraction of sp³-hybridized carbons (Fsp3) is 0.364. The van der Waals surface area contributed by atoms with Gasteiger partial charge in [-0.25, -0.2) is 8.42 Å². The fourth-order valence-corrected chi connectivity index (χ4v) is 4.74. The Morgan fingerprint density at radius 2 is 1.65 bits per heavy atom. The molecule has 0 radical (unpaired) electrons. The molecule has 0 aromatic heterocycles. The molecule has 0 N–H and O–H groups in total. The number of sulfonamides is 1. The third kappa shape index (κ3) is 5.35. The molecule has 9 heteroatoms. The van der Waals surface area contributed by atoms with Crippen molar-refractivity contribution >= 4 is 28.0 Å². The molecule has 0 saturated carbocycles. The largest absolute Gasteiger partial charge is 0.494 e. The highest BCUT2D eigenvalue weighted by atomic mass is 32.2. The van der Waals surface area contributed by atoms with Gasteiger partial charge in [-0.3, -0.25) is 13.9 Å². The minimum absolute atomic E-state index is 0.0788. The summed E-state index contributed by atoms with van der Waals surface area (Å²) in [7, 11) is -3.98. The van der Waals surface area contributed by atoms with E-state index in [0.717, 1.165) is 16.3 Å². The average molecular weight is 446 g/mol.